The highest BCUT2D eigenvalue weighted by Gasteiger charge is 2.07. The van der Waals surface area contributed by atoms with Gasteiger partial charge in [0.15, 0.2) is 0 Å². The van der Waals surface area contributed by atoms with Gasteiger partial charge in [-0.1, -0.05) is 0 Å². The van der Waals surface area contributed by atoms with Crippen LogP contribution in [-0.4, -0.2) is 11.4 Å². The number of hydrogen-bond acceptors (Lipinski definition) is 3. The van der Waals surface area contributed by atoms with Gasteiger partial charge in [-0.25, -0.2) is 0 Å². The molecule has 1 heterocycles. The fourth-order valence-corrected chi connectivity index (χ4v) is 2.57. The Morgan fingerprint density at radius 1 is 1.70 bits per heavy atom. The normalized spacial score (nSPS) is 13.5. The first-order valence-electron chi connectivity index (χ1n) is 3.05. The van der Waals surface area contributed by atoms with Crippen LogP contribution >= 0.6 is 23.1 Å². The van der Waals surface area contributed by atoms with Gasteiger partial charge in [0.25, 0.3) is 0 Å². The lowest BCUT2D eigenvalue weighted by Crippen LogP contribution is -1.86. The molecule has 0 amide bonds. The van der Waals surface area contributed by atoms with Crippen LogP contribution in [0.2, 0.25) is 0 Å². The predicted octanol–water partition coefficient (Wildman–Crippen LogP) is 2.52. The first-order chi connectivity index (χ1) is 4.75. The molecule has 0 fully saturated rings. The molecule has 1 aromatic heterocycles. The minimum atomic E-state index is -0.317. The lowest BCUT2D eigenvalue weighted by Gasteiger charge is -2.01. The number of hydrogen-bond donors (Lipinski definition) is 1. The second-order valence-electron chi connectivity index (χ2n) is 2.03. The third-order valence-electron chi connectivity index (χ3n) is 1.26. The van der Waals surface area contributed by atoms with Crippen LogP contribution in [0, 0.1) is 0 Å². The highest BCUT2D eigenvalue weighted by Crippen LogP contribution is 2.30. The Morgan fingerprint density at radius 2 is 2.40 bits per heavy atom. The minimum absolute atomic E-state index is 0.317. The molecular weight excluding hydrogens is 164 g/mol. The van der Waals surface area contributed by atoms with E-state index in [-0.39, 0.29) is 6.10 Å². The average molecular weight is 174 g/mol. The van der Waals surface area contributed by atoms with Crippen molar-refractivity contribution in [3.8, 4) is 0 Å². The SMILES string of the molecule is CSc1ccsc1C(C)O. The molecule has 0 bridgehead atoms. The van der Waals surface area contributed by atoms with Gasteiger partial charge < -0.3 is 5.11 Å². The number of aliphatic hydroxyl groups excluding tert-OH is 1. The van der Waals surface area contributed by atoms with Crippen LogP contribution in [0.1, 0.15) is 17.9 Å². The zero-order valence-corrected chi connectivity index (χ0v) is 7.63. The maximum atomic E-state index is 9.22. The summed E-state index contributed by atoms with van der Waals surface area (Å²) in [7, 11) is 0. The van der Waals surface area contributed by atoms with Crippen molar-refractivity contribution in [3.05, 3.63) is 16.3 Å². The van der Waals surface area contributed by atoms with E-state index in [0.717, 1.165) is 4.88 Å². The molecular formula is C7H10OS2. The molecule has 0 radical (unpaired) electrons. The summed E-state index contributed by atoms with van der Waals surface area (Å²) in [6.45, 7) is 1.80. The molecule has 0 aliphatic rings. The van der Waals surface area contributed by atoms with Gasteiger partial charge in [0.1, 0.15) is 0 Å². The van der Waals surface area contributed by atoms with Gasteiger partial charge in [-0.3, -0.25) is 0 Å². The Hall–Kier alpha value is 0.01000. The van der Waals surface area contributed by atoms with Crippen molar-refractivity contribution >= 4 is 23.1 Å². The highest BCUT2D eigenvalue weighted by atomic mass is 32.2. The summed E-state index contributed by atoms with van der Waals surface area (Å²) in [6, 6.07) is 2.04. The summed E-state index contributed by atoms with van der Waals surface area (Å²) in [4.78, 5) is 2.27. The maximum absolute atomic E-state index is 9.22. The Morgan fingerprint density at radius 3 is 2.80 bits per heavy atom. The van der Waals surface area contributed by atoms with Crippen molar-refractivity contribution < 1.29 is 5.11 Å². The van der Waals surface area contributed by atoms with Crippen LogP contribution in [-0.2, 0) is 0 Å². The second kappa shape index (κ2) is 3.42. The van der Waals surface area contributed by atoms with E-state index in [1.54, 1.807) is 30.0 Å². The van der Waals surface area contributed by atoms with E-state index in [4.69, 9.17) is 0 Å². The predicted molar refractivity (Wildman–Crippen MR) is 46.7 cm³/mol. The van der Waals surface area contributed by atoms with E-state index in [2.05, 4.69) is 0 Å². The highest BCUT2D eigenvalue weighted by molar-refractivity contribution is 7.98. The topological polar surface area (TPSA) is 20.2 Å². The zero-order chi connectivity index (χ0) is 7.56. The zero-order valence-electron chi connectivity index (χ0n) is 6.00. The molecule has 56 valence electrons. The molecule has 0 spiro atoms. The van der Waals surface area contributed by atoms with Crippen LogP contribution in [0.3, 0.4) is 0 Å². The molecule has 0 aromatic carbocycles. The number of aliphatic hydroxyl groups is 1. The maximum Gasteiger partial charge on any atom is 0.0865 e. The second-order valence-corrected chi connectivity index (χ2v) is 3.82. The van der Waals surface area contributed by atoms with Crippen LogP contribution in [0.25, 0.3) is 0 Å². The van der Waals surface area contributed by atoms with E-state index in [0.29, 0.717) is 0 Å². The smallest absolute Gasteiger partial charge is 0.0865 e. The largest absolute Gasteiger partial charge is 0.388 e. The Balaban J connectivity index is 2.90. The van der Waals surface area contributed by atoms with E-state index < -0.39 is 0 Å². The van der Waals surface area contributed by atoms with Gasteiger partial charge in [0.05, 0.1) is 6.10 Å². The third-order valence-corrected chi connectivity index (χ3v) is 3.27. The minimum Gasteiger partial charge on any atom is -0.388 e. The first-order valence-corrected chi connectivity index (χ1v) is 5.15. The third kappa shape index (κ3) is 1.54. The van der Waals surface area contributed by atoms with Crippen molar-refractivity contribution in [2.45, 2.75) is 17.9 Å². The van der Waals surface area contributed by atoms with Crippen molar-refractivity contribution in [3.63, 3.8) is 0 Å². The molecule has 0 aliphatic heterocycles. The lowest BCUT2D eigenvalue weighted by molar-refractivity contribution is 0.200. The number of rotatable bonds is 2. The molecule has 1 N–H and O–H groups in total. The van der Waals surface area contributed by atoms with Gasteiger partial charge in [-0.05, 0) is 24.6 Å². The van der Waals surface area contributed by atoms with E-state index in [1.807, 2.05) is 17.7 Å². The fraction of sp³-hybridized carbons (Fsp3) is 0.429. The molecule has 1 rings (SSSR count). The molecule has 1 aromatic rings. The summed E-state index contributed by atoms with van der Waals surface area (Å²) >= 11 is 3.29. The van der Waals surface area contributed by atoms with Gasteiger partial charge in [-0.2, -0.15) is 0 Å². The fourth-order valence-electron chi connectivity index (χ4n) is 0.782. The van der Waals surface area contributed by atoms with E-state index in [1.165, 1.54) is 4.90 Å². The summed E-state index contributed by atoms with van der Waals surface area (Å²) < 4.78 is 0. The van der Waals surface area contributed by atoms with Gasteiger partial charge >= 0.3 is 0 Å². The monoisotopic (exact) mass is 174 g/mol. The van der Waals surface area contributed by atoms with E-state index in [9.17, 15) is 5.11 Å². The average Bonchev–Trinajstić information content (AvgIpc) is 2.33. The van der Waals surface area contributed by atoms with Gasteiger partial charge in [-0.15, -0.1) is 23.1 Å². The molecule has 0 aliphatic carbocycles. The summed E-state index contributed by atoms with van der Waals surface area (Å²) in [5.41, 5.74) is 0. The molecule has 10 heavy (non-hydrogen) atoms. The molecule has 1 unspecified atom stereocenters. The molecule has 0 saturated carbocycles. The van der Waals surface area contributed by atoms with Gasteiger partial charge in [0, 0.05) is 9.77 Å². The Bertz CT molecular complexity index is 205. The summed E-state index contributed by atoms with van der Waals surface area (Å²) in [5.74, 6) is 0. The van der Waals surface area contributed by atoms with E-state index >= 15 is 0 Å². The Labute approximate surface area is 69.1 Å². The molecule has 3 heteroatoms. The Kier molecular flexibility index (Phi) is 2.77. The van der Waals surface area contributed by atoms with Crippen LogP contribution in [0.5, 0.6) is 0 Å². The molecule has 1 atom stereocenters. The first kappa shape index (κ1) is 8.11. The summed E-state index contributed by atoms with van der Waals surface area (Å²) in [5, 5.41) is 11.2. The van der Waals surface area contributed by atoms with Crippen molar-refractivity contribution in [2.75, 3.05) is 6.26 Å². The van der Waals surface area contributed by atoms with Crippen LogP contribution in [0.15, 0.2) is 16.3 Å². The molecule has 0 saturated heterocycles. The van der Waals surface area contributed by atoms with Crippen molar-refractivity contribution in [1.82, 2.24) is 0 Å². The van der Waals surface area contributed by atoms with Crippen LogP contribution < -0.4 is 0 Å². The lowest BCUT2D eigenvalue weighted by atomic mass is 10.3. The summed E-state index contributed by atoms with van der Waals surface area (Å²) in [6.07, 6.45) is 1.70. The van der Waals surface area contributed by atoms with Gasteiger partial charge in [0.2, 0.25) is 0 Å². The van der Waals surface area contributed by atoms with Crippen LogP contribution in [0.4, 0.5) is 0 Å². The quantitative estimate of drug-likeness (QED) is 0.695. The number of thioether (sulfide) groups is 1. The molecule has 1 nitrogen and oxygen atoms in total. The number of thiophene rings is 1. The van der Waals surface area contributed by atoms with Crippen molar-refractivity contribution in [1.29, 1.82) is 0 Å². The standard InChI is InChI=1S/C7H10OS2/c1-5(8)7-6(9-2)3-4-10-7/h3-5,8H,1-2H3. The van der Waals surface area contributed by atoms with Crippen molar-refractivity contribution in [2.24, 2.45) is 0 Å².